The smallest absolute Gasteiger partial charge is 0.416 e. The number of rotatable bonds is 2. The van der Waals surface area contributed by atoms with E-state index < -0.39 is 17.7 Å². The summed E-state index contributed by atoms with van der Waals surface area (Å²) in [6, 6.07) is 7.65. The molecule has 3 aromatic rings. The average Bonchev–Trinajstić information content (AvgIpc) is 2.98. The van der Waals surface area contributed by atoms with Gasteiger partial charge in [-0.1, -0.05) is 12.1 Å². The van der Waals surface area contributed by atoms with E-state index in [0.717, 1.165) is 12.1 Å². The van der Waals surface area contributed by atoms with Gasteiger partial charge in [-0.25, -0.2) is 4.79 Å². The lowest BCUT2D eigenvalue weighted by atomic mass is 10.1. The molecule has 0 amide bonds. The highest BCUT2D eigenvalue weighted by atomic mass is 19.4. The number of alkyl halides is 3. The van der Waals surface area contributed by atoms with Crippen LogP contribution in [0.4, 0.5) is 13.2 Å². The number of halogens is 3. The van der Waals surface area contributed by atoms with E-state index in [9.17, 15) is 18.0 Å². The number of carboxylic acids is 1. The van der Waals surface area contributed by atoms with Gasteiger partial charge in [-0.15, -0.1) is 0 Å². The Bertz CT molecular complexity index is 874. The van der Waals surface area contributed by atoms with E-state index in [-0.39, 0.29) is 17.0 Å². The van der Waals surface area contributed by atoms with Crippen molar-refractivity contribution in [2.45, 2.75) is 6.18 Å². The molecule has 2 heterocycles. The zero-order chi connectivity index (χ0) is 16.1. The number of hydrogen-bond donors (Lipinski definition) is 1. The summed E-state index contributed by atoms with van der Waals surface area (Å²) in [5.74, 6) is -0.849. The van der Waals surface area contributed by atoms with E-state index >= 15 is 0 Å². The summed E-state index contributed by atoms with van der Waals surface area (Å²) in [5, 5.41) is 9.01. The molecule has 114 valence electrons. The normalized spacial score (nSPS) is 12.0. The molecule has 4 nitrogen and oxygen atoms in total. The maximum atomic E-state index is 12.7. The topological polar surface area (TPSA) is 55.4 Å². The van der Waals surface area contributed by atoms with Crippen LogP contribution in [0.2, 0.25) is 0 Å². The lowest BCUT2D eigenvalue weighted by molar-refractivity contribution is -0.137. The maximum absolute atomic E-state index is 12.7. The van der Waals surface area contributed by atoms with Crippen molar-refractivity contribution < 1.29 is 27.5 Å². The Morgan fingerprint density at radius 2 is 1.95 bits per heavy atom. The van der Waals surface area contributed by atoms with E-state index in [1.165, 1.54) is 28.8 Å². The van der Waals surface area contributed by atoms with Gasteiger partial charge in [-0.2, -0.15) is 13.2 Å². The number of aromatic carboxylic acids is 1. The van der Waals surface area contributed by atoms with Crippen LogP contribution in [0.25, 0.3) is 22.4 Å². The van der Waals surface area contributed by atoms with Gasteiger partial charge in [-0.3, -0.25) is 0 Å². The number of furan rings is 1. The molecular formula is C15H10F3NO3. The molecule has 0 aliphatic heterocycles. The summed E-state index contributed by atoms with van der Waals surface area (Å²) in [6.45, 7) is 0. The monoisotopic (exact) mass is 309 g/mol. The largest absolute Gasteiger partial charge is 0.477 e. The quantitative estimate of drug-likeness (QED) is 0.773. The molecule has 22 heavy (non-hydrogen) atoms. The second kappa shape index (κ2) is 4.66. The third kappa shape index (κ3) is 2.24. The number of fused-ring (bicyclic) bond motifs is 1. The predicted octanol–water partition coefficient (Wildman–Crippen LogP) is 4.16. The molecule has 0 unspecified atom stereocenters. The van der Waals surface area contributed by atoms with Crippen LogP contribution in [-0.2, 0) is 13.2 Å². The molecule has 0 radical (unpaired) electrons. The van der Waals surface area contributed by atoms with Gasteiger partial charge in [0.15, 0.2) is 5.58 Å². The Labute approximate surface area is 122 Å². The molecule has 0 aliphatic carbocycles. The number of carboxylic acid groups (broad SMARTS) is 1. The lowest BCUT2D eigenvalue weighted by Crippen LogP contribution is -2.04. The van der Waals surface area contributed by atoms with E-state index in [4.69, 9.17) is 9.52 Å². The molecule has 0 saturated heterocycles. The van der Waals surface area contributed by atoms with Crippen LogP contribution < -0.4 is 0 Å². The number of benzene rings is 1. The highest BCUT2D eigenvalue weighted by Gasteiger charge is 2.30. The highest BCUT2D eigenvalue weighted by Crippen LogP contribution is 2.34. The average molecular weight is 309 g/mol. The third-order valence-corrected chi connectivity index (χ3v) is 3.42. The fourth-order valence-electron chi connectivity index (χ4n) is 2.31. The Morgan fingerprint density at radius 3 is 2.55 bits per heavy atom. The van der Waals surface area contributed by atoms with E-state index in [1.807, 2.05) is 0 Å². The summed E-state index contributed by atoms with van der Waals surface area (Å²) in [5.41, 5.74) is 0.376. The van der Waals surface area contributed by atoms with Crippen LogP contribution in [0.5, 0.6) is 0 Å². The third-order valence-electron chi connectivity index (χ3n) is 3.42. The van der Waals surface area contributed by atoms with E-state index in [0.29, 0.717) is 11.1 Å². The maximum Gasteiger partial charge on any atom is 0.416 e. The van der Waals surface area contributed by atoms with Crippen molar-refractivity contribution >= 4 is 17.1 Å². The van der Waals surface area contributed by atoms with Crippen molar-refractivity contribution in [3.8, 4) is 11.3 Å². The number of carbonyl (C=O) groups is 1. The van der Waals surface area contributed by atoms with Gasteiger partial charge in [0.25, 0.3) is 0 Å². The number of nitrogens with zero attached hydrogens (tertiary/aromatic N) is 1. The molecule has 0 saturated carbocycles. The predicted molar refractivity (Wildman–Crippen MR) is 72.6 cm³/mol. The van der Waals surface area contributed by atoms with E-state index in [2.05, 4.69) is 0 Å². The van der Waals surface area contributed by atoms with Gasteiger partial charge in [0, 0.05) is 24.7 Å². The molecular weight excluding hydrogens is 299 g/mol. The first-order valence-electron chi connectivity index (χ1n) is 6.27. The van der Waals surface area contributed by atoms with Gasteiger partial charge in [0.1, 0.15) is 11.5 Å². The number of aryl methyl sites for hydroxylation is 1. The van der Waals surface area contributed by atoms with Crippen LogP contribution in [0.15, 0.2) is 40.8 Å². The molecule has 0 fully saturated rings. The van der Waals surface area contributed by atoms with Gasteiger partial charge in [-0.05, 0) is 12.1 Å². The lowest BCUT2D eigenvalue weighted by Gasteiger charge is -2.07. The molecule has 2 aromatic heterocycles. The fraction of sp³-hybridized carbons (Fsp3) is 0.133. The Kier molecular flexibility index (Phi) is 3.01. The van der Waals surface area contributed by atoms with Crippen LogP contribution in [0, 0.1) is 0 Å². The summed E-state index contributed by atoms with van der Waals surface area (Å²) >= 11 is 0. The molecule has 1 N–H and O–H groups in total. The first kappa shape index (κ1) is 14.2. The van der Waals surface area contributed by atoms with Crippen molar-refractivity contribution in [2.75, 3.05) is 0 Å². The van der Waals surface area contributed by atoms with Crippen molar-refractivity contribution in [2.24, 2.45) is 7.05 Å². The standard InChI is InChI=1S/C15H10F3NO3/c1-19-10-6-12(22-13(10)7-11(19)14(20)21)8-3-2-4-9(5-8)15(16,17)18/h2-7H,1H3,(H,20,21). The second-order valence-corrected chi connectivity index (χ2v) is 4.83. The van der Waals surface area contributed by atoms with Gasteiger partial charge >= 0.3 is 12.1 Å². The zero-order valence-corrected chi connectivity index (χ0v) is 11.3. The van der Waals surface area contributed by atoms with Crippen molar-refractivity contribution in [3.63, 3.8) is 0 Å². The molecule has 0 aliphatic rings. The minimum absolute atomic E-state index is 0.0457. The van der Waals surface area contributed by atoms with Crippen molar-refractivity contribution in [1.29, 1.82) is 0 Å². The van der Waals surface area contributed by atoms with Gasteiger partial charge in [0.2, 0.25) is 0 Å². The number of aromatic nitrogens is 1. The minimum atomic E-state index is -4.43. The Morgan fingerprint density at radius 1 is 1.23 bits per heavy atom. The van der Waals surface area contributed by atoms with E-state index in [1.54, 1.807) is 7.05 Å². The summed E-state index contributed by atoms with van der Waals surface area (Å²) in [4.78, 5) is 11.0. The molecule has 7 heteroatoms. The molecule has 1 aromatic carbocycles. The van der Waals surface area contributed by atoms with Crippen LogP contribution >= 0.6 is 0 Å². The van der Waals surface area contributed by atoms with Gasteiger partial charge in [0.05, 0.1) is 11.1 Å². The highest BCUT2D eigenvalue weighted by molar-refractivity contribution is 5.93. The zero-order valence-electron chi connectivity index (χ0n) is 11.3. The Balaban J connectivity index is 2.10. The molecule has 0 bridgehead atoms. The first-order chi connectivity index (χ1) is 10.3. The summed E-state index contributed by atoms with van der Waals surface area (Å²) in [6.07, 6.45) is -4.43. The van der Waals surface area contributed by atoms with Gasteiger partial charge < -0.3 is 14.1 Å². The van der Waals surface area contributed by atoms with Crippen molar-refractivity contribution in [3.05, 3.63) is 47.7 Å². The van der Waals surface area contributed by atoms with Crippen LogP contribution in [0.3, 0.4) is 0 Å². The van der Waals surface area contributed by atoms with Crippen LogP contribution in [-0.4, -0.2) is 15.6 Å². The first-order valence-corrected chi connectivity index (χ1v) is 6.27. The molecule has 0 atom stereocenters. The SMILES string of the molecule is Cn1c(C(=O)O)cc2oc(-c3cccc(C(F)(F)F)c3)cc21. The summed E-state index contributed by atoms with van der Waals surface area (Å²) < 4.78 is 45.1. The minimum Gasteiger partial charge on any atom is -0.477 e. The summed E-state index contributed by atoms with van der Waals surface area (Å²) in [7, 11) is 1.55. The molecule has 0 spiro atoms. The fourth-order valence-corrected chi connectivity index (χ4v) is 2.31. The second-order valence-electron chi connectivity index (χ2n) is 4.83. The number of hydrogen-bond acceptors (Lipinski definition) is 2. The van der Waals surface area contributed by atoms with Crippen molar-refractivity contribution in [1.82, 2.24) is 4.57 Å². The Hall–Kier alpha value is -2.70. The van der Waals surface area contributed by atoms with Crippen LogP contribution in [0.1, 0.15) is 16.1 Å². The molecule has 3 rings (SSSR count).